The number of halogens is 4. The van der Waals surface area contributed by atoms with Gasteiger partial charge in [0.1, 0.15) is 24.1 Å². The Labute approximate surface area is 246 Å². The van der Waals surface area contributed by atoms with Gasteiger partial charge >= 0.3 is 0 Å². The van der Waals surface area contributed by atoms with E-state index in [1.54, 1.807) is 24.3 Å². The van der Waals surface area contributed by atoms with Crippen LogP contribution in [0.2, 0.25) is 0 Å². The topological polar surface area (TPSA) is 98.7 Å². The first-order valence-electron chi connectivity index (χ1n) is 13.8. The van der Waals surface area contributed by atoms with E-state index in [0.717, 1.165) is 0 Å². The number of amides is 2. The average molecular weight is 602 g/mol. The van der Waals surface area contributed by atoms with Crippen LogP contribution >= 0.6 is 11.6 Å². The Balaban J connectivity index is 1.59. The van der Waals surface area contributed by atoms with Crippen LogP contribution in [0, 0.1) is 5.82 Å². The molecule has 1 saturated carbocycles. The highest BCUT2D eigenvalue weighted by molar-refractivity contribution is 6.17. The lowest BCUT2D eigenvalue weighted by Crippen LogP contribution is -2.55. The quantitative estimate of drug-likeness (QED) is 0.261. The molecule has 42 heavy (non-hydrogen) atoms. The Morgan fingerprint density at radius 2 is 1.90 bits per heavy atom. The van der Waals surface area contributed by atoms with Crippen LogP contribution in [0.3, 0.4) is 0 Å². The molecule has 0 bridgehead atoms. The number of nitrogens with one attached hydrogen (secondary N) is 1. The van der Waals surface area contributed by atoms with Gasteiger partial charge in [-0.25, -0.2) is 18.2 Å². The highest BCUT2D eigenvalue weighted by Crippen LogP contribution is 2.38. The molecule has 222 valence electrons. The third kappa shape index (κ3) is 6.43. The summed E-state index contributed by atoms with van der Waals surface area (Å²) in [5.41, 5.74) is 1.24. The van der Waals surface area contributed by atoms with E-state index in [4.69, 9.17) is 11.6 Å². The van der Waals surface area contributed by atoms with Crippen molar-refractivity contribution in [1.82, 2.24) is 15.3 Å². The largest absolute Gasteiger partial charge is 0.376 e. The Kier molecular flexibility index (Phi) is 9.10. The van der Waals surface area contributed by atoms with E-state index in [2.05, 4.69) is 15.3 Å². The maximum absolute atomic E-state index is 14.6. The summed E-state index contributed by atoms with van der Waals surface area (Å²) in [6.07, 6.45) is 2.60. The smallest absolute Gasteiger partial charge is 0.250 e. The van der Waals surface area contributed by atoms with Crippen molar-refractivity contribution >= 4 is 34.9 Å². The number of aromatic nitrogens is 2. The van der Waals surface area contributed by atoms with Crippen LogP contribution in [0.5, 0.6) is 0 Å². The molecule has 12 heteroatoms. The van der Waals surface area contributed by atoms with Crippen LogP contribution in [0.4, 0.5) is 24.7 Å². The summed E-state index contributed by atoms with van der Waals surface area (Å²) < 4.78 is 42.4. The molecule has 1 saturated heterocycles. The number of benzene rings is 2. The molecule has 2 aromatic carbocycles. The van der Waals surface area contributed by atoms with E-state index in [1.165, 1.54) is 52.7 Å². The number of carbonyl (C=O) groups excluding carboxylic acids is 2. The van der Waals surface area contributed by atoms with Crippen molar-refractivity contribution in [3.63, 3.8) is 0 Å². The fourth-order valence-corrected chi connectivity index (χ4v) is 6.01. The Morgan fingerprint density at radius 3 is 2.60 bits per heavy atom. The Morgan fingerprint density at radius 1 is 1.14 bits per heavy atom. The summed E-state index contributed by atoms with van der Waals surface area (Å²) in [4.78, 5) is 38.3. The van der Waals surface area contributed by atoms with Crippen LogP contribution in [0.1, 0.15) is 55.7 Å². The number of rotatable bonds is 9. The van der Waals surface area contributed by atoms with Crippen molar-refractivity contribution in [3.8, 4) is 0 Å². The first kappa shape index (κ1) is 29.9. The summed E-state index contributed by atoms with van der Waals surface area (Å²) in [5, 5.41) is 14.8. The average Bonchev–Trinajstić information content (AvgIpc) is 3.38. The van der Waals surface area contributed by atoms with Crippen molar-refractivity contribution in [3.05, 3.63) is 84.1 Å². The predicted molar refractivity (Wildman–Crippen MR) is 152 cm³/mol. The summed E-state index contributed by atoms with van der Waals surface area (Å²) in [5.74, 6) is -4.05. The fraction of sp³-hybridized carbons (Fsp3) is 0.400. The first-order valence-corrected chi connectivity index (χ1v) is 14.3. The zero-order valence-electron chi connectivity index (χ0n) is 22.7. The SMILES string of the molecule is O=C1CC[C@@H](C(=O)N(c2cccc(F)c2)[C@@H](c2ccccc2CCl)C(O)NC2CCC(F)(F)CC2)N1c1cnccn1. The number of hydrogen-bond donors (Lipinski definition) is 2. The van der Waals surface area contributed by atoms with Crippen molar-refractivity contribution in [1.29, 1.82) is 0 Å². The molecule has 1 aliphatic heterocycles. The highest BCUT2D eigenvalue weighted by Gasteiger charge is 2.45. The van der Waals surface area contributed by atoms with E-state index in [9.17, 15) is 27.9 Å². The molecule has 0 spiro atoms. The number of nitrogens with zero attached hydrogens (tertiary/aromatic N) is 4. The minimum absolute atomic E-state index is 0.0495. The first-order chi connectivity index (χ1) is 20.2. The molecular weight excluding hydrogens is 571 g/mol. The van der Waals surface area contributed by atoms with Crippen molar-refractivity contribution in [2.24, 2.45) is 0 Å². The lowest BCUT2D eigenvalue weighted by atomic mass is 9.91. The van der Waals surface area contributed by atoms with Gasteiger partial charge in [0.05, 0.1) is 6.20 Å². The lowest BCUT2D eigenvalue weighted by molar-refractivity contribution is -0.123. The highest BCUT2D eigenvalue weighted by atomic mass is 35.5. The lowest BCUT2D eigenvalue weighted by Gasteiger charge is -2.40. The molecule has 2 N–H and O–H groups in total. The van der Waals surface area contributed by atoms with Crippen LogP contribution in [0.25, 0.3) is 0 Å². The monoisotopic (exact) mass is 601 g/mol. The third-order valence-electron chi connectivity index (χ3n) is 7.84. The van der Waals surface area contributed by atoms with Gasteiger partial charge in [-0.2, -0.15) is 0 Å². The molecule has 2 heterocycles. The fourth-order valence-electron chi connectivity index (χ4n) is 5.77. The predicted octanol–water partition coefficient (Wildman–Crippen LogP) is 5.11. The van der Waals surface area contributed by atoms with Crippen molar-refractivity contribution in [2.45, 2.75) is 74.7 Å². The molecule has 3 atom stereocenters. The van der Waals surface area contributed by atoms with Crippen LogP contribution < -0.4 is 15.1 Å². The molecule has 1 aromatic heterocycles. The summed E-state index contributed by atoms with van der Waals surface area (Å²) in [7, 11) is 0. The third-order valence-corrected chi connectivity index (χ3v) is 8.12. The van der Waals surface area contributed by atoms with Gasteiger partial charge in [-0.15, -0.1) is 11.6 Å². The van der Waals surface area contributed by atoms with E-state index in [-0.39, 0.29) is 61.8 Å². The molecule has 2 amide bonds. The second-order valence-corrected chi connectivity index (χ2v) is 10.9. The molecule has 0 radical (unpaired) electrons. The van der Waals surface area contributed by atoms with Gasteiger partial charge in [0.15, 0.2) is 5.82 Å². The maximum Gasteiger partial charge on any atom is 0.250 e. The van der Waals surface area contributed by atoms with Crippen molar-refractivity contribution < 1.29 is 27.9 Å². The van der Waals surface area contributed by atoms with Gasteiger partial charge in [0.25, 0.3) is 5.91 Å². The molecule has 2 fully saturated rings. The normalized spacial score (nSPS) is 20.4. The molecule has 3 aromatic rings. The van der Waals surface area contributed by atoms with Crippen LogP contribution in [-0.4, -0.2) is 51.1 Å². The summed E-state index contributed by atoms with van der Waals surface area (Å²) >= 11 is 6.29. The maximum atomic E-state index is 14.6. The molecule has 1 unspecified atom stereocenters. The second kappa shape index (κ2) is 12.8. The second-order valence-electron chi connectivity index (χ2n) is 10.6. The molecule has 1 aliphatic carbocycles. The van der Waals surface area contributed by atoms with E-state index < -0.39 is 42.0 Å². The number of alkyl halides is 3. The molecule has 2 aliphatic rings. The summed E-state index contributed by atoms with van der Waals surface area (Å²) in [6, 6.07) is 9.71. The number of aliphatic hydroxyl groups is 1. The van der Waals surface area contributed by atoms with Gasteiger partial charge < -0.3 is 5.11 Å². The number of anilines is 2. The number of aliphatic hydroxyl groups excluding tert-OH is 1. The molecule has 5 rings (SSSR count). The molecule has 8 nitrogen and oxygen atoms in total. The minimum Gasteiger partial charge on any atom is -0.376 e. The van der Waals surface area contributed by atoms with Crippen LogP contribution in [0.15, 0.2) is 67.1 Å². The number of hydrogen-bond acceptors (Lipinski definition) is 6. The minimum atomic E-state index is -2.77. The molecular formula is C30H31ClF3N5O3. The number of carbonyl (C=O) groups is 2. The Bertz CT molecular complexity index is 1410. The van der Waals surface area contributed by atoms with Gasteiger partial charge in [0.2, 0.25) is 11.8 Å². The van der Waals surface area contributed by atoms with E-state index in [0.29, 0.717) is 11.1 Å². The van der Waals surface area contributed by atoms with Gasteiger partial charge in [-0.05, 0) is 48.6 Å². The van der Waals surface area contributed by atoms with Gasteiger partial charge in [0, 0.05) is 49.3 Å². The van der Waals surface area contributed by atoms with E-state index >= 15 is 0 Å². The zero-order chi connectivity index (χ0) is 29.9. The zero-order valence-corrected chi connectivity index (χ0v) is 23.4. The van der Waals surface area contributed by atoms with Gasteiger partial charge in [-0.3, -0.25) is 29.7 Å². The van der Waals surface area contributed by atoms with Crippen LogP contribution in [-0.2, 0) is 15.5 Å². The van der Waals surface area contributed by atoms with Gasteiger partial charge in [-0.1, -0.05) is 30.3 Å². The van der Waals surface area contributed by atoms with Crippen molar-refractivity contribution in [2.75, 3.05) is 9.80 Å². The van der Waals surface area contributed by atoms with E-state index in [1.807, 2.05) is 0 Å². The standard InChI is InChI=1S/C30H31ClF3N5O3/c31-17-19-4-1-2-7-23(19)27(28(41)37-21-10-12-30(33,34)13-11-21)38(22-6-3-5-20(32)16-22)29(42)24-8-9-26(40)39(24)25-18-35-14-15-36-25/h1-7,14-16,18,21,24,27-28,37,41H,8-13,17H2/t24-,27-,28?/m0/s1. The summed E-state index contributed by atoms with van der Waals surface area (Å²) in [6.45, 7) is 0. The Hall–Kier alpha value is -3.54.